The molecule has 10 nitrogen and oxygen atoms in total. The summed E-state index contributed by atoms with van der Waals surface area (Å²) in [6.45, 7) is 4.12. The van der Waals surface area contributed by atoms with Crippen LogP contribution in [0.3, 0.4) is 0 Å². The smallest absolute Gasteiger partial charge is 0.302 e. The minimum Gasteiger partial charge on any atom is -0.383 e. The van der Waals surface area contributed by atoms with E-state index in [9.17, 15) is 17.6 Å². The van der Waals surface area contributed by atoms with Crippen molar-refractivity contribution in [2.24, 2.45) is 0 Å². The van der Waals surface area contributed by atoms with Crippen molar-refractivity contribution in [3.05, 3.63) is 71.6 Å². The van der Waals surface area contributed by atoms with Gasteiger partial charge >= 0.3 is 10.2 Å². The highest BCUT2D eigenvalue weighted by Gasteiger charge is 2.51. The fraction of sp³-hybridized carbons (Fsp3) is 0.333. The molecule has 4 aromatic rings. The third-order valence-corrected chi connectivity index (χ3v) is 8.71. The predicted octanol–water partition coefficient (Wildman–Crippen LogP) is 4.42. The lowest BCUT2D eigenvalue weighted by atomic mass is 10.0. The van der Waals surface area contributed by atoms with Gasteiger partial charge in [0, 0.05) is 66.9 Å². The molecule has 5 rings (SSSR count). The van der Waals surface area contributed by atoms with Crippen LogP contribution < -0.4 is 4.72 Å². The number of hydrogen-bond acceptors (Lipinski definition) is 7. The maximum absolute atomic E-state index is 15.6. The van der Waals surface area contributed by atoms with E-state index in [0.717, 1.165) is 16.4 Å². The lowest BCUT2D eigenvalue weighted by Crippen LogP contribution is -2.44. The number of halogens is 2. The maximum atomic E-state index is 15.6. The highest BCUT2D eigenvalue weighted by atomic mass is 32.2. The van der Waals surface area contributed by atoms with Crippen molar-refractivity contribution in [2.75, 3.05) is 25.5 Å². The van der Waals surface area contributed by atoms with E-state index < -0.39 is 44.4 Å². The molecular weight excluding hydrogens is 542 g/mol. The van der Waals surface area contributed by atoms with Crippen LogP contribution in [-0.4, -0.2) is 64.7 Å². The largest absolute Gasteiger partial charge is 0.383 e. The summed E-state index contributed by atoms with van der Waals surface area (Å²) in [5, 5.41) is 0.329. The van der Waals surface area contributed by atoms with Gasteiger partial charge < -0.3 is 9.72 Å². The number of fused-ring (bicyclic) bond motifs is 1. The van der Waals surface area contributed by atoms with Crippen LogP contribution in [-0.2, 0) is 14.9 Å². The molecule has 13 heteroatoms. The molecule has 2 N–H and O–H groups in total. The molecule has 210 valence electrons. The number of H-pyrrole nitrogens is 1. The van der Waals surface area contributed by atoms with Gasteiger partial charge in [0.15, 0.2) is 5.82 Å². The molecule has 1 aliphatic carbocycles. The minimum atomic E-state index is -4.24. The average Bonchev–Trinajstić information content (AvgIpc) is 3.59. The van der Waals surface area contributed by atoms with E-state index in [4.69, 9.17) is 4.74 Å². The summed E-state index contributed by atoms with van der Waals surface area (Å²) in [5.41, 5.74) is -0.618. The summed E-state index contributed by atoms with van der Waals surface area (Å²) in [7, 11) is -1.42. The van der Waals surface area contributed by atoms with Crippen LogP contribution >= 0.6 is 0 Å². The van der Waals surface area contributed by atoms with Crippen molar-refractivity contribution in [2.45, 2.75) is 38.1 Å². The Kier molecular flexibility index (Phi) is 7.15. The molecule has 3 heterocycles. The van der Waals surface area contributed by atoms with Crippen LogP contribution in [0.2, 0.25) is 0 Å². The second-order valence-corrected chi connectivity index (χ2v) is 11.9. The van der Waals surface area contributed by atoms with Gasteiger partial charge in [0.1, 0.15) is 17.3 Å². The molecule has 0 aliphatic heterocycles. The molecule has 40 heavy (non-hydrogen) atoms. The van der Waals surface area contributed by atoms with E-state index in [0.29, 0.717) is 40.8 Å². The Morgan fingerprint density at radius 3 is 2.45 bits per heavy atom. The second-order valence-electron chi connectivity index (χ2n) is 10.2. The number of pyridine rings is 1. The number of aromatic nitrogens is 4. The third kappa shape index (κ3) is 4.95. The number of likely N-dealkylation sites (N-methyl/N-ethyl adjacent to an activating group) is 1. The zero-order chi connectivity index (χ0) is 28.8. The van der Waals surface area contributed by atoms with Gasteiger partial charge in [-0.1, -0.05) is 13.8 Å². The Morgan fingerprint density at radius 2 is 1.82 bits per heavy atom. The minimum absolute atomic E-state index is 0.0315. The van der Waals surface area contributed by atoms with Crippen LogP contribution in [0.4, 0.5) is 14.5 Å². The maximum Gasteiger partial charge on any atom is 0.302 e. The number of rotatable bonds is 10. The number of nitrogens with zero attached hydrogens (tertiary/aromatic N) is 4. The molecule has 0 spiro atoms. The first-order valence-corrected chi connectivity index (χ1v) is 14.0. The van der Waals surface area contributed by atoms with Crippen LogP contribution in [0, 0.1) is 11.6 Å². The number of hydrogen-bond donors (Lipinski definition) is 2. The standard InChI is InChI=1S/C27H28F2N6O4S/c1-15(2)25-30-11-17(12-31-25)16-9-18-19(13-33-26(18)32-10-16)24(36)22-20(28)5-6-21(23(22)29)34-40(37,38)35(3)27(7-8-27)14-39-4/h5-6,9-13,15,34H,7-8,14H2,1-4H3,(H,32,33). The number of anilines is 1. The van der Waals surface area contributed by atoms with Crippen LogP contribution in [0.5, 0.6) is 0 Å². The number of ketones is 1. The lowest BCUT2D eigenvalue weighted by molar-refractivity contribution is 0.103. The molecule has 3 aromatic heterocycles. The fourth-order valence-corrected chi connectivity index (χ4v) is 5.85. The Morgan fingerprint density at radius 1 is 1.15 bits per heavy atom. The van der Waals surface area contributed by atoms with Gasteiger partial charge in [-0.25, -0.2) is 23.7 Å². The molecule has 1 aliphatic rings. The number of aromatic amines is 1. The first-order chi connectivity index (χ1) is 19.0. The van der Waals surface area contributed by atoms with Gasteiger partial charge in [-0.15, -0.1) is 0 Å². The lowest BCUT2D eigenvalue weighted by Gasteiger charge is -2.27. The normalized spacial score (nSPS) is 14.7. The van der Waals surface area contributed by atoms with Crippen LogP contribution in [0.25, 0.3) is 22.2 Å². The Hall–Kier alpha value is -3.81. The van der Waals surface area contributed by atoms with Gasteiger partial charge in [0.25, 0.3) is 0 Å². The molecule has 0 unspecified atom stereocenters. The highest BCUT2D eigenvalue weighted by molar-refractivity contribution is 7.90. The van der Waals surface area contributed by atoms with Crippen molar-refractivity contribution in [1.29, 1.82) is 0 Å². The summed E-state index contributed by atoms with van der Waals surface area (Å²) in [5.74, 6) is -2.61. The van der Waals surface area contributed by atoms with Crippen molar-refractivity contribution in [3.8, 4) is 11.1 Å². The quantitative estimate of drug-likeness (QED) is 0.270. The van der Waals surface area contributed by atoms with E-state index in [-0.39, 0.29) is 18.1 Å². The zero-order valence-corrected chi connectivity index (χ0v) is 23.1. The Labute approximate surface area is 230 Å². The van der Waals surface area contributed by atoms with Crippen molar-refractivity contribution < 1.29 is 26.7 Å². The molecule has 0 radical (unpaired) electrons. The molecule has 1 saturated carbocycles. The number of benzene rings is 1. The van der Waals surface area contributed by atoms with Crippen molar-refractivity contribution >= 4 is 32.7 Å². The third-order valence-electron chi connectivity index (χ3n) is 7.12. The molecule has 1 aromatic carbocycles. The highest BCUT2D eigenvalue weighted by Crippen LogP contribution is 2.43. The van der Waals surface area contributed by atoms with Gasteiger partial charge in [0.2, 0.25) is 5.78 Å². The molecule has 0 saturated heterocycles. The zero-order valence-electron chi connectivity index (χ0n) is 22.3. The van der Waals surface area contributed by atoms with Crippen molar-refractivity contribution in [3.63, 3.8) is 0 Å². The summed E-state index contributed by atoms with van der Waals surface area (Å²) in [6.07, 6.45) is 7.33. The predicted molar refractivity (Wildman–Crippen MR) is 145 cm³/mol. The molecule has 0 atom stereocenters. The first-order valence-electron chi connectivity index (χ1n) is 12.6. The second kappa shape index (κ2) is 10.3. The first kappa shape index (κ1) is 27.7. The molecule has 1 fully saturated rings. The van der Waals surface area contributed by atoms with E-state index in [1.54, 1.807) is 24.7 Å². The van der Waals surface area contributed by atoms with Crippen molar-refractivity contribution in [1.82, 2.24) is 24.2 Å². The summed E-state index contributed by atoms with van der Waals surface area (Å²) < 4.78 is 64.9. The van der Waals surface area contributed by atoms with E-state index >= 15 is 4.39 Å². The van der Waals surface area contributed by atoms with Crippen LogP contribution in [0.15, 0.2) is 43.0 Å². The van der Waals surface area contributed by atoms with Gasteiger partial charge in [-0.2, -0.15) is 12.7 Å². The average molecular weight is 571 g/mol. The van der Waals surface area contributed by atoms with Gasteiger partial charge in [-0.05, 0) is 31.0 Å². The van der Waals surface area contributed by atoms with E-state index in [2.05, 4.69) is 24.7 Å². The molecular formula is C27H28F2N6O4S. The fourth-order valence-electron chi connectivity index (χ4n) is 4.53. The van der Waals surface area contributed by atoms with E-state index in [1.807, 2.05) is 13.8 Å². The summed E-state index contributed by atoms with van der Waals surface area (Å²) >= 11 is 0. The van der Waals surface area contributed by atoms with Gasteiger partial charge in [-0.3, -0.25) is 9.52 Å². The summed E-state index contributed by atoms with van der Waals surface area (Å²) in [6, 6.07) is 3.45. The number of nitrogens with one attached hydrogen (secondary N) is 2. The van der Waals surface area contributed by atoms with Gasteiger partial charge in [0.05, 0.1) is 23.4 Å². The molecule has 0 amide bonds. The van der Waals surface area contributed by atoms with E-state index in [1.165, 1.54) is 20.4 Å². The monoisotopic (exact) mass is 570 g/mol. The number of methoxy groups -OCH3 is 1. The summed E-state index contributed by atoms with van der Waals surface area (Å²) in [4.78, 5) is 29.4. The topological polar surface area (TPSA) is 130 Å². The molecule has 0 bridgehead atoms. The van der Waals surface area contributed by atoms with Crippen LogP contribution in [0.1, 0.15) is 54.4 Å². The Bertz CT molecular complexity index is 1700. The number of carbonyl (C=O) groups excluding carboxylic acids is 1. The SMILES string of the molecule is COCC1(N(C)S(=O)(=O)Nc2ccc(F)c(C(=O)c3c[nH]c4ncc(-c5cnc(C(C)C)nc5)cc34)c2F)CC1. The number of carbonyl (C=O) groups is 1. The number of ether oxygens (including phenoxy) is 1. The Balaban J connectivity index is 1.48.